The molecule has 1 amide bonds. The number of hydrogen-bond donors (Lipinski definition) is 3. The summed E-state index contributed by atoms with van der Waals surface area (Å²) in [5.74, 6) is 4.85. The number of hydrazine groups is 1. The number of pyridine rings is 1. The second-order valence-corrected chi connectivity index (χ2v) is 4.17. The van der Waals surface area contributed by atoms with Crippen LogP contribution in [0, 0.1) is 0 Å². The average Bonchev–Trinajstić information content (AvgIpc) is 2.39. The monoisotopic (exact) mass is 251 g/mol. The van der Waals surface area contributed by atoms with E-state index in [0.717, 1.165) is 25.2 Å². The fourth-order valence-electron chi connectivity index (χ4n) is 1.71. The molecule has 0 radical (unpaired) electrons. The van der Waals surface area contributed by atoms with Gasteiger partial charge in [-0.2, -0.15) is 0 Å². The first kappa shape index (κ1) is 14.6. The molecule has 6 heteroatoms. The van der Waals surface area contributed by atoms with Crippen LogP contribution >= 0.6 is 0 Å². The molecule has 4 N–H and O–H groups in total. The van der Waals surface area contributed by atoms with Gasteiger partial charge >= 0.3 is 0 Å². The fourth-order valence-corrected chi connectivity index (χ4v) is 1.71. The summed E-state index contributed by atoms with van der Waals surface area (Å²) in [6.45, 7) is 2.55. The molecule has 0 aliphatic rings. The van der Waals surface area contributed by atoms with Gasteiger partial charge in [0.25, 0.3) is 5.91 Å². The van der Waals surface area contributed by atoms with Crippen molar-refractivity contribution in [3.05, 3.63) is 29.6 Å². The van der Waals surface area contributed by atoms with Crippen LogP contribution in [0.15, 0.2) is 18.3 Å². The molecule has 0 unspecified atom stereocenters. The zero-order chi connectivity index (χ0) is 13.4. The summed E-state index contributed by atoms with van der Waals surface area (Å²) in [5.41, 5.74) is 3.41. The minimum absolute atomic E-state index is 0.304. The van der Waals surface area contributed by atoms with E-state index in [1.165, 1.54) is 0 Å². The van der Waals surface area contributed by atoms with Crippen LogP contribution < -0.4 is 16.6 Å². The maximum absolute atomic E-state index is 11.6. The van der Waals surface area contributed by atoms with Crippen LogP contribution in [0.1, 0.15) is 22.5 Å². The smallest absolute Gasteiger partial charge is 0.267 e. The Hall–Kier alpha value is -1.50. The SMILES string of the molecule is CNCCCN(C)Cc1ncccc1C(=O)NN. The summed E-state index contributed by atoms with van der Waals surface area (Å²) < 4.78 is 0. The van der Waals surface area contributed by atoms with Crippen LogP contribution in [0.5, 0.6) is 0 Å². The Morgan fingerprint density at radius 3 is 3.00 bits per heavy atom. The normalized spacial score (nSPS) is 10.7. The molecular formula is C12H21N5O. The standard InChI is InChI=1S/C12H21N5O/c1-14-6-4-8-17(2)9-11-10(12(18)16-13)5-3-7-15-11/h3,5,7,14H,4,6,8-9,13H2,1-2H3,(H,16,18). The predicted molar refractivity (Wildman–Crippen MR) is 70.8 cm³/mol. The van der Waals surface area contributed by atoms with Crippen LogP contribution in [-0.4, -0.2) is 43.0 Å². The molecule has 0 atom stereocenters. The molecule has 0 saturated heterocycles. The largest absolute Gasteiger partial charge is 0.320 e. The number of nitrogens with two attached hydrogens (primary N) is 1. The van der Waals surface area contributed by atoms with Gasteiger partial charge in [-0.3, -0.25) is 15.2 Å². The molecule has 0 aliphatic heterocycles. The zero-order valence-electron chi connectivity index (χ0n) is 10.9. The van der Waals surface area contributed by atoms with Crippen molar-refractivity contribution in [2.45, 2.75) is 13.0 Å². The first-order valence-electron chi connectivity index (χ1n) is 5.97. The Morgan fingerprint density at radius 1 is 1.56 bits per heavy atom. The highest BCUT2D eigenvalue weighted by molar-refractivity contribution is 5.94. The van der Waals surface area contributed by atoms with Crippen molar-refractivity contribution in [2.24, 2.45) is 5.84 Å². The minimum atomic E-state index is -0.304. The topological polar surface area (TPSA) is 83.3 Å². The van der Waals surface area contributed by atoms with Gasteiger partial charge in [-0.25, -0.2) is 5.84 Å². The molecule has 1 aromatic rings. The number of nitrogens with zero attached hydrogens (tertiary/aromatic N) is 2. The number of nitrogen functional groups attached to an aromatic ring is 1. The van der Waals surface area contributed by atoms with E-state index in [2.05, 4.69) is 20.6 Å². The first-order valence-corrected chi connectivity index (χ1v) is 5.97. The van der Waals surface area contributed by atoms with Gasteiger partial charge in [0, 0.05) is 12.7 Å². The maximum atomic E-state index is 11.6. The highest BCUT2D eigenvalue weighted by atomic mass is 16.2. The second kappa shape index (κ2) is 7.75. The molecule has 100 valence electrons. The Labute approximate surface area is 108 Å². The third kappa shape index (κ3) is 4.40. The molecule has 0 aliphatic carbocycles. The summed E-state index contributed by atoms with van der Waals surface area (Å²) in [6.07, 6.45) is 2.74. The van der Waals surface area contributed by atoms with E-state index in [-0.39, 0.29) is 5.91 Å². The van der Waals surface area contributed by atoms with Crippen molar-refractivity contribution in [2.75, 3.05) is 27.2 Å². The van der Waals surface area contributed by atoms with Crippen molar-refractivity contribution < 1.29 is 4.79 Å². The molecule has 1 aromatic heterocycles. The third-order valence-corrected chi connectivity index (χ3v) is 2.65. The fraction of sp³-hybridized carbons (Fsp3) is 0.500. The quantitative estimate of drug-likeness (QED) is 0.269. The number of rotatable bonds is 7. The van der Waals surface area contributed by atoms with Gasteiger partial charge < -0.3 is 10.2 Å². The van der Waals surface area contributed by atoms with Crippen LogP contribution in [0.2, 0.25) is 0 Å². The first-order chi connectivity index (χ1) is 8.69. The van der Waals surface area contributed by atoms with Crippen molar-refractivity contribution >= 4 is 5.91 Å². The molecule has 6 nitrogen and oxygen atoms in total. The van der Waals surface area contributed by atoms with Gasteiger partial charge in [0.2, 0.25) is 0 Å². The molecule has 0 saturated carbocycles. The molecule has 1 rings (SSSR count). The number of carbonyl (C=O) groups excluding carboxylic acids is 1. The van der Waals surface area contributed by atoms with E-state index in [9.17, 15) is 4.79 Å². The number of carbonyl (C=O) groups is 1. The van der Waals surface area contributed by atoms with Crippen LogP contribution in [-0.2, 0) is 6.54 Å². The Balaban J connectivity index is 2.63. The molecular weight excluding hydrogens is 230 g/mol. The summed E-state index contributed by atoms with van der Waals surface area (Å²) in [4.78, 5) is 17.9. The van der Waals surface area contributed by atoms with Gasteiger partial charge in [-0.1, -0.05) is 0 Å². The molecule has 1 heterocycles. The van der Waals surface area contributed by atoms with E-state index in [4.69, 9.17) is 5.84 Å². The van der Waals surface area contributed by atoms with Gasteiger partial charge in [-0.15, -0.1) is 0 Å². The molecule has 0 aromatic carbocycles. The van der Waals surface area contributed by atoms with Crippen molar-refractivity contribution in [3.63, 3.8) is 0 Å². The zero-order valence-corrected chi connectivity index (χ0v) is 10.9. The number of amides is 1. The van der Waals surface area contributed by atoms with E-state index >= 15 is 0 Å². The molecule has 0 bridgehead atoms. The van der Waals surface area contributed by atoms with Crippen molar-refractivity contribution in [1.29, 1.82) is 0 Å². The second-order valence-electron chi connectivity index (χ2n) is 4.17. The van der Waals surface area contributed by atoms with Gasteiger partial charge in [0.05, 0.1) is 11.3 Å². The predicted octanol–water partition coefficient (Wildman–Crippen LogP) is -0.274. The maximum Gasteiger partial charge on any atom is 0.267 e. The van der Waals surface area contributed by atoms with Crippen LogP contribution in [0.25, 0.3) is 0 Å². The Morgan fingerprint density at radius 2 is 2.33 bits per heavy atom. The highest BCUT2D eigenvalue weighted by Gasteiger charge is 2.12. The molecule has 18 heavy (non-hydrogen) atoms. The Bertz CT molecular complexity index is 382. The summed E-state index contributed by atoms with van der Waals surface area (Å²) in [7, 11) is 3.94. The summed E-state index contributed by atoms with van der Waals surface area (Å²) in [6, 6.07) is 3.46. The van der Waals surface area contributed by atoms with E-state index < -0.39 is 0 Å². The molecule has 0 fully saturated rings. The van der Waals surface area contributed by atoms with Crippen molar-refractivity contribution in [1.82, 2.24) is 20.6 Å². The number of nitrogens with one attached hydrogen (secondary N) is 2. The lowest BCUT2D eigenvalue weighted by atomic mass is 10.1. The lowest BCUT2D eigenvalue weighted by Crippen LogP contribution is -2.32. The number of aromatic nitrogens is 1. The van der Waals surface area contributed by atoms with Crippen molar-refractivity contribution in [3.8, 4) is 0 Å². The number of hydrogen-bond acceptors (Lipinski definition) is 5. The molecule has 0 spiro atoms. The lowest BCUT2D eigenvalue weighted by Gasteiger charge is -2.17. The van der Waals surface area contributed by atoms with Gasteiger partial charge in [-0.05, 0) is 45.7 Å². The van der Waals surface area contributed by atoms with E-state index in [1.807, 2.05) is 14.1 Å². The third-order valence-electron chi connectivity index (χ3n) is 2.65. The average molecular weight is 251 g/mol. The van der Waals surface area contributed by atoms with E-state index in [0.29, 0.717) is 12.1 Å². The van der Waals surface area contributed by atoms with Crippen LogP contribution in [0.3, 0.4) is 0 Å². The van der Waals surface area contributed by atoms with E-state index in [1.54, 1.807) is 18.3 Å². The van der Waals surface area contributed by atoms with Gasteiger partial charge in [0.1, 0.15) is 0 Å². The minimum Gasteiger partial charge on any atom is -0.320 e. The summed E-state index contributed by atoms with van der Waals surface area (Å²) in [5, 5.41) is 3.10. The highest BCUT2D eigenvalue weighted by Crippen LogP contribution is 2.07. The van der Waals surface area contributed by atoms with Gasteiger partial charge in [0.15, 0.2) is 0 Å². The van der Waals surface area contributed by atoms with Crippen LogP contribution in [0.4, 0.5) is 0 Å². The lowest BCUT2D eigenvalue weighted by molar-refractivity contribution is 0.0951. The summed E-state index contributed by atoms with van der Waals surface area (Å²) >= 11 is 0. The Kier molecular flexibility index (Phi) is 6.27.